The Balaban J connectivity index is 1.39. The number of ether oxygens (including phenoxy) is 2. The van der Waals surface area contributed by atoms with Crippen LogP contribution < -0.4 is 14.8 Å². The third-order valence-electron chi connectivity index (χ3n) is 4.60. The number of rotatable bonds is 4. The summed E-state index contributed by atoms with van der Waals surface area (Å²) in [5.74, 6) is 1.47. The minimum absolute atomic E-state index is 0.122. The lowest BCUT2D eigenvalue weighted by Crippen LogP contribution is -2.41. The minimum Gasteiger partial charge on any atom is -0.454 e. The summed E-state index contributed by atoms with van der Waals surface area (Å²) in [6, 6.07) is 13.3. The summed E-state index contributed by atoms with van der Waals surface area (Å²) >= 11 is 0. The molecule has 2 aliphatic heterocycles. The zero-order chi connectivity index (χ0) is 16.4. The standard InChI is InChI=1S/C19H21FN2O2/c20-17-6-2-1-4-14(17)11-22-9-3-5-16(12-22)21-15-7-8-18-19(10-15)24-13-23-18/h1-2,4,6-8,10,16,21H,3,5,9,11-13H2/t16-/m1/s1. The molecule has 1 fully saturated rings. The predicted octanol–water partition coefficient (Wildman–Crippen LogP) is 3.63. The molecule has 126 valence electrons. The van der Waals surface area contributed by atoms with Gasteiger partial charge in [-0.25, -0.2) is 4.39 Å². The van der Waals surface area contributed by atoms with E-state index in [2.05, 4.69) is 10.2 Å². The summed E-state index contributed by atoms with van der Waals surface area (Å²) < 4.78 is 24.6. The van der Waals surface area contributed by atoms with Crippen molar-refractivity contribution in [2.75, 3.05) is 25.2 Å². The van der Waals surface area contributed by atoms with E-state index in [9.17, 15) is 4.39 Å². The molecule has 0 bridgehead atoms. The summed E-state index contributed by atoms with van der Waals surface area (Å²) in [5, 5.41) is 3.57. The molecule has 1 N–H and O–H groups in total. The second-order valence-corrected chi connectivity index (χ2v) is 6.38. The monoisotopic (exact) mass is 328 g/mol. The summed E-state index contributed by atoms with van der Waals surface area (Å²) in [6.07, 6.45) is 2.22. The number of hydrogen-bond donors (Lipinski definition) is 1. The van der Waals surface area contributed by atoms with Crippen molar-refractivity contribution in [1.29, 1.82) is 0 Å². The first kappa shape index (κ1) is 15.3. The molecule has 0 aromatic heterocycles. The number of halogens is 1. The maximum Gasteiger partial charge on any atom is 0.231 e. The number of benzene rings is 2. The largest absolute Gasteiger partial charge is 0.454 e. The highest BCUT2D eigenvalue weighted by Crippen LogP contribution is 2.34. The first-order valence-electron chi connectivity index (χ1n) is 8.40. The van der Waals surface area contributed by atoms with Crippen LogP contribution in [0.25, 0.3) is 0 Å². The van der Waals surface area contributed by atoms with Crippen LogP contribution in [0.5, 0.6) is 11.5 Å². The molecule has 0 amide bonds. The Bertz CT molecular complexity index is 722. The van der Waals surface area contributed by atoms with Crippen molar-refractivity contribution in [3.8, 4) is 11.5 Å². The molecule has 1 atom stereocenters. The SMILES string of the molecule is Fc1ccccc1CN1CCC[C@@H](Nc2ccc3c(c2)OCO3)C1. The number of hydrogen-bond acceptors (Lipinski definition) is 4. The molecule has 4 rings (SSSR count). The van der Waals surface area contributed by atoms with E-state index in [-0.39, 0.29) is 5.82 Å². The van der Waals surface area contributed by atoms with E-state index in [4.69, 9.17) is 9.47 Å². The maximum atomic E-state index is 13.8. The molecule has 24 heavy (non-hydrogen) atoms. The molecular formula is C19H21FN2O2. The molecule has 5 heteroatoms. The fraction of sp³-hybridized carbons (Fsp3) is 0.368. The van der Waals surface area contributed by atoms with Gasteiger partial charge < -0.3 is 14.8 Å². The molecule has 0 spiro atoms. The van der Waals surface area contributed by atoms with Gasteiger partial charge in [0.2, 0.25) is 6.79 Å². The molecule has 0 aliphatic carbocycles. The van der Waals surface area contributed by atoms with Crippen LogP contribution in [0.2, 0.25) is 0 Å². The van der Waals surface area contributed by atoms with Crippen LogP contribution in [0.1, 0.15) is 18.4 Å². The Morgan fingerprint density at radius 3 is 2.92 bits per heavy atom. The smallest absolute Gasteiger partial charge is 0.231 e. The van der Waals surface area contributed by atoms with Crippen molar-refractivity contribution in [3.05, 3.63) is 53.8 Å². The molecule has 0 radical (unpaired) electrons. The highest BCUT2D eigenvalue weighted by Gasteiger charge is 2.21. The van der Waals surface area contributed by atoms with Crippen molar-refractivity contribution in [2.45, 2.75) is 25.4 Å². The van der Waals surface area contributed by atoms with E-state index in [0.717, 1.165) is 48.7 Å². The van der Waals surface area contributed by atoms with Gasteiger partial charge in [0.05, 0.1) is 0 Å². The van der Waals surface area contributed by atoms with Gasteiger partial charge >= 0.3 is 0 Å². The molecule has 2 heterocycles. The first-order chi connectivity index (χ1) is 11.8. The summed E-state index contributed by atoms with van der Waals surface area (Å²) in [4.78, 5) is 2.31. The fourth-order valence-corrected chi connectivity index (χ4v) is 3.41. The van der Waals surface area contributed by atoms with Crippen LogP contribution >= 0.6 is 0 Å². The Morgan fingerprint density at radius 2 is 2.00 bits per heavy atom. The normalized spacial score (nSPS) is 20.1. The number of fused-ring (bicyclic) bond motifs is 1. The van der Waals surface area contributed by atoms with Gasteiger partial charge in [0, 0.05) is 36.4 Å². The molecule has 0 unspecified atom stereocenters. The Labute approximate surface area is 141 Å². The third kappa shape index (κ3) is 3.31. The number of likely N-dealkylation sites (tertiary alicyclic amines) is 1. The summed E-state index contributed by atoms with van der Waals surface area (Å²) in [5.41, 5.74) is 1.80. The lowest BCUT2D eigenvalue weighted by atomic mass is 10.0. The zero-order valence-electron chi connectivity index (χ0n) is 13.5. The average molecular weight is 328 g/mol. The Kier molecular flexibility index (Phi) is 4.26. The van der Waals surface area contributed by atoms with Gasteiger partial charge in [-0.15, -0.1) is 0 Å². The van der Waals surface area contributed by atoms with Crippen molar-refractivity contribution >= 4 is 5.69 Å². The van der Waals surface area contributed by atoms with E-state index in [1.165, 1.54) is 6.07 Å². The lowest BCUT2D eigenvalue weighted by Gasteiger charge is -2.33. The number of anilines is 1. The minimum atomic E-state index is -0.122. The van der Waals surface area contributed by atoms with Crippen LogP contribution in [-0.4, -0.2) is 30.8 Å². The fourth-order valence-electron chi connectivity index (χ4n) is 3.41. The average Bonchev–Trinajstić information content (AvgIpc) is 3.05. The molecule has 0 saturated carbocycles. The van der Waals surface area contributed by atoms with Crippen LogP contribution in [0, 0.1) is 5.82 Å². The quantitative estimate of drug-likeness (QED) is 0.929. The first-order valence-corrected chi connectivity index (χ1v) is 8.40. The number of piperidine rings is 1. The number of nitrogens with one attached hydrogen (secondary N) is 1. The van der Waals surface area contributed by atoms with Gasteiger partial charge in [0.1, 0.15) is 5.82 Å². The molecule has 2 aromatic rings. The molecule has 2 aromatic carbocycles. The second kappa shape index (κ2) is 6.69. The highest BCUT2D eigenvalue weighted by atomic mass is 19.1. The van der Waals surface area contributed by atoms with E-state index >= 15 is 0 Å². The molecule has 4 nitrogen and oxygen atoms in total. The maximum absolute atomic E-state index is 13.8. The molecular weight excluding hydrogens is 307 g/mol. The predicted molar refractivity (Wildman–Crippen MR) is 90.9 cm³/mol. The lowest BCUT2D eigenvalue weighted by molar-refractivity contribution is 0.174. The van der Waals surface area contributed by atoms with Crippen molar-refractivity contribution < 1.29 is 13.9 Å². The topological polar surface area (TPSA) is 33.7 Å². The van der Waals surface area contributed by atoms with E-state index in [1.807, 2.05) is 30.3 Å². The van der Waals surface area contributed by atoms with E-state index in [0.29, 0.717) is 19.4 Å². The van der Waals surface area contributed by atoms with Crippen molar-refractivity contribution in [3.63, 3.8) is 0 Å². The van der Waals surface area contributed by atoms with Crippen LogP contribution in [0.3, 0.4) is 0 Å². The van der Waals surface area contributed by atoms with E-state index < -0.39 is 0 Å². The van der Waals surface area contributed by atoms with Crippen LogP contribution in [0.4, 0.5) is 10.1 Å². The van der Waals surface area contributed by atoms with Gasteiger partial charge in [0.15, 0.2) is 11.5 Å². The van der Waals surface area contributed by atoms with E-state index in [1.54, 1.807) is 6.07 Å². The zero-order valence-corrected chi connectivity index (χ0v) is 13.5. The highest BCUT2D eigenvalue weighted by molar-refractivity contribution is 5.56. The van der Waals surface area contributed by atoms with Gasteiger partial charge in [0.25, 0.3) is 0 Å². The second-order valence-electron chi connectivity index (χ2n) is 6.38. The Hall–Kier alpha value is -2.27. The number of nitrogens with zero attached hydrogens (tertiary/aromatic N) is 1. The van der Waals surface area contributed by atoms with Gasteiger partial charge in [-0.3, -0.25) is 4.90 Å². The summed E-state index contributed by atoms with van der Waals surface area (Å²) in [7, 11) is 0. The van der Waals surface area contributed by atoms with Crippen LogP contribution in [-0.2, 0) is 6.54 Å². The summed E-state index contributed by atoms with van der Waals surface area (Å²) in [6.45, 7) is 2.86. The van der Waals surface area contributed by atoms with Gasteiger partial charge in [-0.2, -0.15) is 0 Å². The van der Waals surface area contributed by atoms with Crippen molar-refractivity contribution in [1.82, 2.24) is 4.90 Å². The molecule has 2 aliphatic rings. The van der Waals surface area contributed by atoms with Crippen molar-refractivity contribution in [2.24, 2.45) is 0 Å². The van der Waals surface area contributed by atoms with Crippen LogP contribution in [0.15, 0.2) is 42.5 Å². The molecule has 1 saturated heterocycles. The Morgan fingerprint density at radius 1 is 1.12 bits per heavy atom. The third-order valence-corrected chi connectivity index (χ3v) is 4.60. The van der Waals surface area contributed by atoms with Gasteiger partial charge in [-0.1, -0.05) is 18.2 Å². The van der Waals surface area contributed by atoms with Gasteiger partial charge in [-0.05, 0) is 37.6 Å².